The zero-order chi connectivity index (χ0) is 69.0. The molecule has 96 heavy (non-hydrogen) atoms. The fourth-order valence-electron chi connectivity index (χ4n) is 13.3. The first-order chi connectivity index (χ1) is 46.2. The number of carbonyl (C=O) groups is 6. The predicted molar refractivity (Wildman–Crippen MR) is 383 cm³/mol. The number of nitrogens with zero attached hydrogens (tertiary/aromatic N) is 3. The van der Waals surface area contributed by atoms with Gasteiger partial charge in [-0.15, -0.1) is 0 Å². The fraction of sp³-hybridized carbons (Fsp3) is 0.487. The van der Waals surface area contributed by atoms with Crippen molar-refractivity contribution in [3.05, 3.63) is 172 Å². The van der Waals surface area contributed by atoms with E-state index in [0.29, 0.717) is 58.2 Å². The number of Topliss-reactive ketones (excluding diaryl/α,β-unsaturated/α-hetero) is 2. The first-order valence-corrected chi connectivity index (χ1v) is 35.0. The summed E-state index contributed by atoms with van der Waals surface area (Å²) >= 11 is 0. The number of urea groups is 1. The molecule has 0 fully saturated rings. The van der Waals surface area contributed by atoms with Crippen molar-refractivity contribution in [1.29, 1.82) is 0 Å². The molecule has 3 amide bonds. The Bertz CT molecular complexity index is 3470. The number of amides is 3. The molecule has 0 saturated carbocycles. The normalized spacial score (nSPS) is 16.5. The number of para-hydroxylation sites is 2. The molecule has 516 valence electrons. The van der Waals surface area contributed by atoms with Crippen LogP contribution in [0.25, 0.3) is 0 Å². The van der Waals surface area contributed by atoms with E-state index in [1.807, 2.05) is 30.3 Å². The van der Waals surface area contributed by atoms with Crippen LogP contribution in [-0.4, -0.2) is 113 Å². The molecule has 7 rings (SSSR count). The average molecular weight is 1310 g/mol. The topological polar surface area (TPSA) is 271 Å². The van der Waals surface area contributed by atoms with Crippen LogP contribution >= 0.6 is 0 Å². The SMILES string of the molecule is CCCCC[N+]1=C(/C=C/C2=C(Oc3ccc(CCNC[C@H](CCCN=C(N)N)CC(=O)[C@H](Cc4ccccc4)NC(=O)CCCCC(=O)CCCNC(=O)N[C@@H](CCC(=O)O)C(=O)O)cc3)C(=C/C=C3/N(CCCC)c4ccccc4C3(C)C)/CCC2)C(C)(C)c2ccccc21. The van der Waals surface area contributed by atoms with E-state index in [1.165, 1.54) is 51.5 Å². The van der Waals surface area contributed by atoms with Crippen molar-refractivity contribution in [2.45, 2.75) is 199 Å². The highest BCUT2D eigenvalue weighted by Gasteiger charge is 2.44. The Morgan fingerprint density at radius 1 is 0.698 bits per heavy atom. The number of nitrogens with two attached hydrogens (primary N) is 2. The van der Waals surface area contributed by atoms with Crippen molar-refractivity contribution in [3.8, 4) is 5.75 Å². The van der Waals surface area contributed by atoms with E-state index >= 15 is 0 Å². The highest BCUT2D eigenvalue weighted by atomic mass is 16.5. The van der Waals surface area contributed by atoms with Crippen LogP contribution in [0.2, 0.25) is 0 Å². The number of carboxylic acids is 2. The second kappa shape index (κ2) is 37.6. The Kier molecular flexibility index (Phi) is 29.3. The van der Waals surface area contributed by atoms with Crippen LogP contribution in [0, 0.1) is 5.92 Å². The molecule has 0 bridgehead atoms. The number of anilines is 1. The lowest BCUT2D eigenvalue weighted by molar-refractivity contribution is -0.438. The van der Waals surface area contributed by atoms with Gasteiger partial charge in [-0.2, -0.15) is 4.58 Å². The number of guanidine groups is 1. The number of aliphatic carboxylic acids is 2. The Labute approximate surface area is 569 Å². The Morgan fingerprint density at radius 3 is 2.14 bits per heavy atom. The predicted octanol–water partition coefficient (Wildman–Crippen LogP) is 12.7. The molecule has 2 aliphatic heterocycles. The maximum atomic E-state index is 14.4. The van der Waals surface area contributed by atoms with Crippen molar-refractivity contribution in [1.82, 2.24) is 21.3 Å². The van der Waals surface area contributed by atoms with Crippen LogP contribution in [0.3, 0.4) is 0 Å². The number of hydrogen-bond acceptors (Lipinski definition) is 10. The van der Waals surface area contributed by atoms with Gasteiger partial charge in [-0.3, -0.25) is 24.2 Å². The van der Waals surface area contributed by atoms with Gasteiger partial charge in [-0.25, -0.2) is 9.59 Å². The maximum absolute atomic E-state index is 14.4. The number of ketones is 2. The second-order valence-corrected chi connectivity index (χ2v) is 26.9. The summed E-state index contributed by atoms with van der Waals surface area (Å²) in [5.41, 5.74) is 23.4. The Balaban J connectivity index is 1.00. The Morgan fingerprint density at radius 2 is 1.41 bits per heavy atom. The van der Waals surface area contributed by atoms with Crippen LogP contribution in [0.15, 0.2) is 155 Å². The van der Waals surface area contributed by atoms with Crippen molar-refractivity contribution in [3.63, 3.8) is 0 Å². The lowest BCUT2D eigenvalue weighted by atomic mass is 9.81. The van der Waals surface area contributed by atoms with E-state index in [2.05, 4.69) is 174 Å². The first kappa shape index (κ1) is 74.8. The van der Waals surface area contributed by atoms with Gasteiger partial charge in [0.15, 0.2) is 17.5 Å². The third-order valence-electron chi connectivity index (χ3n) is 18.7. The fourth-order valence-corrected chi connectivity index (χ4v) is 13.3. The quantitative estimate of drug-likeness (QED) is 0.00890. The number of carbonyl (C=O) groups excluding carboxylic acids is 4. The van der Waals surface area contributed by atoms with Gasteiger partial charge >= 0.3 is 18.0 Å². The summed E-state index contributed by atoms with van der Waals surface area (Å²) in [4.78, 5) is 81.8. The Hall–Kier alpha value is -8.64. The summed E-state index contributed by atoms with van der Waals surface area (Å²) < 4.78 is 9.70. The third kappa shape index (κ3) is 22.2. The molecule has 4 aromatic rings. The molecule has 0 aromatic heterocycles. The molecule has 1 aliphatic carbocycles. The largest absolute Gasteiger partial charge is 0.481 e. The van der Waals surface area contributed by atoms with Crippen LogP contribution in [0.1, 0.15) is 186 Å². The van der Waals surface area contributed by atoms with Crippen molar-refractivity contribution in [2.75, 3.05) is 44.2 Å². The molecule has 3 aliphatic rings. The monoisotopic (exact) mass is 1310 g/mol. The standard InChI is InChI=1S/C78H105N9O9/c1-7-9-20-51-87-67-34-18-16-32-63(67)78(5,6)70(87)44-39-59-28-21-27-58(38-43-69-77(3,4)62-31-15-17-33-66(62)86(69)50-10-8-2)73(59)96-61-40-36-55(37-41-61)46-49-81-54-57(26-22-47-82-75(79)80)53-68(89)65(52-56-24-12-11-13-25-56)84-71(90)35-19-14-29-60(88)30-23-48-83-76(95)85-64(74(93)94)42-45-72(91)92/h11-13,15-18,24-25,31-34,36-41,43-44,57,64-65,81H,7-10,14,19-23,26-30,35,42,45-54H2,1-6H3,(H8-,79,80,82,83,84,85,90,91,92,93,94,95)/p+1/t57-,64+,65+/m1/s1. The number of unbranched alkanes of at least 4 members (excludes halogenated alkanes) is 4. The van der Waals surface area contributed by atoms with E-state index in [1.54, 1.807) is 0 Å². The van der Waals surface area contributed by atoms with Gasteiger partial charge in [-0.1, -0.05) is 125 Å². The summed E-state index contributed by atoms with van der Waals surface area (Å²) in [6, 6.07) is 32.9. The van der Waals surface area contributed by atoms with Crippen LogP contribution < -0.4 is 42.4 Å². The van der Waals surface area contributed by atoms with Gasteiger partial charge in [0.1, 0.15) is 29.9 Å². The van der Waals surface area contributed by atoms with E-state index < -0.39 is 36.5 Å². The molecular weight excluding hydrogens is 1210 g/mol. The van der Waals surface area contributed by atoms with Gasteiger partial charge in [-0.05, 0) is 175 Å². The van der Waals surface area contributed by atoms with Crippen molar-refractivity contribution in [2.24, 2.45) is 22.4 Å². The van der Waals surface area contributed by atoms with E-state index in [9.17, 15) is 33.9 Å². The van der Waals surface area contributed by atoms with Gasteiger partial charge in [0.25, 0.3) is 0 Å². The van der Waals surface area contributed by atoms with Crippen LogP contribution in [-0.2, 0) is 47.6 Å². The van der Waals surface area contributed by atoms with Gasteiger partial charge in [0.2, 0.25) is 11.6 Å². The molecule has 18 heteroatoms. The molecule has 4 aromatic carbocycles. The lowest BCUT2D eigenvalue weighted by Crippen LogP contribution is -2.46. The molecule has 0 unspecified atom stereocenters. The summed E-state index contributed by atoms with van der Waals surface area (Å²) in [6.45, 7) is 17.6. The van der Waals surface area contributed by atoms with Gasteiger partial charge < -0.3 is 52.6 Å². The van der Waals surface area contributed by atoms with E-state index in [0.717, 1.165) is 87.1 Å². The summed E-state index contributed by atoms with van der Waals surface area (Å²) in [5.74, 6) is -1.29. The smallest absolute Gasteiger partial charge is 0.326 e. The molecule has 18 nitrogen and oxygen atoms in total. The zero-order valence-electron chi connectivity index (χ0n) is 57.7. The minimum absolute atomic E-state index is 0.0126. The highest BCUT2D eigenvalue weighted by molar-refractivity contribution is 6.03. The molecule has 0 saturated heterocycles. The minimum Gasteiger partial charge on any atom is -0.481 e. The van der Waals surface area contributed by atoms with Crippen molar-refractivity contribution < 1.29 is 48.3 Å². The number of hydrogen-bond donors (Lipinski definition) is 8. The number of aliphatic imine (C=N–C) groups is 1. The number of rotatable bonds is 41. The maximum Gasteiger partial charge on any atom is 0.326 e. The molecule has 0 radical (unpaired) electrons. The number of carboxylic acid groups (broad SMARTS) is 2. The van der Waals surface area contributed by atoms with Crippen molar-refractivity contribution >= 4 is 58.5 Å². The zero-order valence-corrected chi connectivity index (χ0v) is 57.7. The number of benzene rings is 4. The number of nitrogens with one attached hydrogen (secondary N) is 4. The second-order valence-electron chi connectivity index (χ2n) is 26.9. The molecular formula is C78H106N9O9+. The molecule has 0 spiro atoms. The first-order valence-electron chi connectivity index (χ1n) is 35.0. The van der Waals surface area contributed by atoms with Crippen LogP contribution in [0.4, 0.5) is 16.2 Å². The summed E-state index contributed by atoms with van der Waals surface area (Å²) in [6.07, 6.45) is 21.6. The average Bonchev–Trinajstić information content (AvgIpc) is 1.61. The van der Waals surface area contributed by atoms with Gasteiger partial charge in [0, 0.05) is 92.7 Å². The lowest BCUT2D eigenvalue weighted by Gasteiger charge is -2.27. The summed E-state index contributed by atoms with van der Waals surface area (Å²) in [5, 5.41) is 29.6. The minimum atomic E-state index is -1.36. The number of allylic oxidation sites excluding steroid dienone is 7. The van der Waals surface area contributed by atoms with Crippen LogP contribution in [0.5, 0.6) is 5.75 Å². The number of fused-ring (bicyclic) bond motifs is 2. The molecule has 10 N–H and O–H groups in total. The van der Waals surface area contributed by atoms with E-state index in [4.69, 9.17) is 21.3 Å². The summed E-state index contributed by atoms with van der Waals surface area (Å²) in [7, 11) is 0. The number of ether oxygens (including phenoxy) is 1. The molecule has 3 atom stereocenters. The highest BCUT2D eigenvalue weighted by Crippen LogP contribution is 2.48. The third-order valence-corrected chi connectivity index (χ3v) is 18.7. The van der Waals surface area contributed by atoms with E-state index in [-0.39, 0.29) is 78.8 Å². The van der Waals surface area contributed by atoms with Gasteiger partial charge in [0.05, 0.1) is 11.5 Å². The molecule has 2 heterocycles.